The van der Waals surface area contributed by atoms with Crippen molar-refractivity contribution >= 4 is 5.91 Å². The molecule has 2 aromatic rings. The van der Waals surface area contributed by atoms with Crippen molar-refractivity contribution in [2.75, 3.05) is 20.3 Å². The largest absolute Gasteiger partial charge is 0.383 e. The number of methoxy groups -OCH3 is 1. The number of amides is 1. The summed E-state index contributed by atoms with van der Waals surface area (Å²) >= 11 is 0. The van der Waals surface area contributed by atoms with Gasteiger partial charge in [-0.2, -0.15) is 0 Å². The van der Waals surface area contributed by atoms with E-state index in [1.165, 1.54) is 12.1 Å². The lowest BCUT2D eigenvalue weighted by atomic mass is 10.1. The van der Waals surface area contributed by atoms with E-state index in [1.54, 1.807) is 19.4 Å². The van der Waals surface area contributed by atoms with E-state index in [0.717, 1.165) is 37.1 Å². The number of benzene rings is 1. The Morgan fingerprint density at radius 1 is 1.38 bits per heavy atom. The zero-order valence-corrected chi connectivity index (χ0v) is 15.2. The molecule has 1 aliphatic rings. The first-order chi connectivity index (χ1) is 12.7. The molecule has 0 bridgehead atoms. The number of imidazole rings is 1. The summed E-state index contributed by atoms with van der Waals surface area (Å²) in [5, 5.41) is 0. The second-order valence-corrected chi connectivity index (χ2v) is 6.84. The fourth-order valence-electron chi connectivity index (χ4n) is 3.54. The Morgan fingerprint density at radius 3 is 2.92 bits per heavy atom. The minimum atomic E-state index is -0.248. The van der Waals surface area contributed by atoms with Crippen LogP contribution < -0.4 is 0 Å². The van der Waals surface area contributed by atoms with E-state index >= 15 is 0 Å². The minimum absolute atomic E-state index is 0.124. The first kappa shape index (κ1) is 18.6. The van der Waals surface area contributed by atoms with Gasteiger partial charge in [0.15, 0.2) is 0 Å². The third-order valence-corrected chi connectivity index (χ3v) is 4.96. The molecule has 0 spiro atoms. The van der Waals surface area contributed by atoms with Crippen molar-refractivity contribution in [1.82, 2.24) is 14.5 Å². The predicted octanol–water partition coefficient (Wildman–Crippen LogP) is 3.24. The summed E-state index contributed by atoms with van der Waals surface area (Å²) in [5.41, 5.74) is 0.870. The van der Waals surface area contributed by atoms with Gasteiger partial charge in [0, 0.05) is 38.5 Å². The number of nitrogens with zero attached hydrogens (tertiary/aromatic N) is 3. The van der Waals surface area contributed by atoms with Crippen molar-refractivity contribution in [1.29, 1.82) is 0 Å². The van der Waals surface area contributed by atoms with E-state index in [9.17, 15) is 9.18 Å². The molecule has 3 rings (SSSR count). The van der Waals surface area contributed by atoms with Gasteiger partial charge in [-0.3, -0.25) is 4.79 Å². The molecule has 5 nitrogen and oxygen atoms in total. The first-order valence-corrected chi connectivity index (χ1v) is 9.19. The summed E-state index contributed by atoms with van der Waals surface area (Å²) in [6, 6.07) is 6.55. The van der Waals surface area contributed by atoms with Crippen LogP contribution in [0.5, 0.6) is 0 Å². The first-order valence-electron chi connectivity index (χ1n) is 9.19. The lowest BCUT2D eigenvalue weighted by molar-refractivity contribution is -0.136. The maximum atomic E-state index is 13.4. The SMILES string of the molecule is COCCN(Cc1nccn1Cc1cccc(F)c1)C(=O)C1CCCC1. The fourth-order valence-corrected chi connectivity index (χ4v) is 3.54. The second kappa shape index (κ2) is 8.94. The summed E-state index contributed by atoms with van der Waals surface area (Å²) < 4.78 is 20.6. The van der Waals surface area contributed by atoms with Gasteiger partial charge in [0.25, 0.3) is 0 Å². The molecule has 1 aromatic heterocycles. The number of hydrogen-bond acceptors (Lipinski definition) is 3. The Kier molecular flexibility index (Phi) is 6.39. The lowest BCUT2D eigenvalue weighted by Gasteiger charge is -2.25. The lowest BCUT2D eigenvalue weighted by Crippen LogP contribution is -2.38. The summed E-state index contributed by atoms with van der Waals surface area (Å²) in [5.74, 6) is 0.873. The molecule has 1 saturated carbocycles. The van der Waals surface area contributed by atoms with Gasteiger partial charge < -0.3 is 14.2 Å². The van der Waals surface area contributed by atoms with Crippen LogP contribution in [0.3, 0.4) is 0 Å². The molecule has 1 fully saturated rings. The van der Waals surface area contributed by atoms with E-state index in [2.05, 4.69) is 4.98 Å². The quantitative estimate of drug-likeness (QED) is 0.727. The Hall–Kier alpha value is -2.21. The summed E-state index contributed by atoms with van der Waals surface area (Å²) in [4.78, 5) is 19.2. The molecule has 0 saturated heterocycles. The molecule has 0 aliphatic heterocycles. The predicted molar refractivity (Wildman–Crippen MR) is 97.0 cm³/mol. The Morgan fingerprint density at radius 2 is 2.19 bits per heavy atom. The smallest absolute Gasteiger partial charge is 0.226 e. The standard InChI is InChI=1S/C20H26FN3O2/c1-26-12-11-24(20(25)17-6-2-3-7-17)15-19-22-9-10-23(19)14-16-5-4-8-18(21)13-16/h4-5,8-10,13,17H,2-3,6-7,11-12,14-15H2,1H3. The average Bonchev–Trinajstić information content (AvgIpc) is 3.30. The third kappa shape index (κ3) is 4.69. The molecule has 1 aliphatic carbocycles. The molecule has 26 heavy (non-hydrogen) atoms. The number of carbonyl (C=O) groups excluding carboxylic acids is 1. The highest BCUT2D eigenvalue weighted by atomic mass is 19.1. The third-order valence-electron chi connectivity index (χ3n) is 4.96. The number of carbonyl (C=O) groups is 1. The number of hydrogen-bond donors (Lipinski definition) is 0. The van der Waals surface area contributed by atoms with Crippen molar-refractivity contribution in [2.45, 2.75) is 38.8 Å². The van der Waals surface area contributed by atoms with Crippen molar-refractivity contribution in [3.05, 3.63) is 53.9 Å². The van der Waals surface area contributed by atoms with Crippen molar-refractivity contribution in [3.8, 4) is 0 Å². The Labute approximate surface area is 153 Å². The van der Waals surface area contributed by atoms with Gasteiger partial charge in [0.1, 0.15) is 11.6 Å². The molecule has 6 heteroatoms. The average molecular weight is 359 g/mol. The zero-order valence-electron chi connectivity index (χ0n) is 15.2. The van der Waals surface area contributed by atoms with Crippen LogP contribution >= 0.6 is 0 Å². The molecule has 0 radical (unpaired) electrons. The maximum absolute atomic E-state index is 13.4. The highest BCUT2D eigenvalue weighted by molar-refractivity contribution is 5.79. The molecule has 140 valence electrons. The molecular formula is C20H26FN3O2. The van der Waals surface area contributed by atoms with Crippen LogP contribution in [-0.4, -0.2) is 40.6 Å². The van der Waals surface area contributed by atoms with Crippen LogP contribution in [0.4, 0.5) is 4.39 Å². The monoisotopic (exact) mass is 359 g/mol. The minimum Gasteiger partial charge on any atom is -0.383 e. The Balaban J connectivity index is 1.72. The van der Waals surface area contributed by atoms with Crippen LogP contribution in [-0.2, 0) is 22.6 Å². The highest BCUT2D eigenvalue weighted by Crippen LogP contribution is 2.27. The topological polar surface area (TPSA) is 47.4 Å². The van der Waals surface area contributed by atoms with E-state index in [1.807, 2.05) is 21.7 Å². The molecule has 1 heterocycles. The molecule has 0 atom stereocenters. The van der Waals surface area contributed by atoms with Crippen LogP contribution in [0.1, 0.15) is 37.1 Å². The molecule has 1 amide bonds. The van der Waals surface area contributed by atoms with E-state index < -0.39 is 0 Å². The number of halogens is 1. The second-order valence-electron chi connectivity index (χ2n) is 6.84. The number of aromatic nitrogens is 2. The molecule has 0 N–H and O–H groups in total. The van der Waals surface area contributed by atoms with Crippen LogP contribution in [0.15, 0.2) is 36.7 Å². The number of rotatable bonds is 8. The van der Waals surface area contributed by atoms with E-state index in [4.69, 9.17) is 4.74 Å². The maximum Gasteiger partial charge on any atom is 0.226 e. The van der Waals surface area contributed by atoms with E-state index in [0.29, 0.717) is 26.2 Å². The van der Waals surface area contributed by atoms with Gasteiger partial charge in [-0.05, 0) is 30.5 Å². The fraction of sp³-hybridized carbons (Fsp3) is 0.500. The zero-order chi connectivity index (χ0) is 18.4. The Bertz CT molecular complexity index is 725. The normalized spacial score (nSPS) is 14.7. The molecule has 1 aromatic carbocycles. The van der Waals surface area contributed by atoms with Gasteiger partial charge in [-0.1, -0.05) is 25.0 Å². The van der Waals surface area contributed by atoms with Crippen molar-refractivity contribution in [3.63, 3.8) is 0 Å². The van der Waals surface area contributed by atoms with Crippen LogP contribution in [0.25, 0.3) is 0 Å². The number of ether oxygens (including phenoxy) is 1. The van der Waals surface area contributed by atoms with Crippen molar-refractivity contribution < 1.29 is 13.9 Å². The summed E-state index contributed by atoms with van der Waals surface area (Å²) in [6.45, 7) is 2.03. The molecule has 0 unspecified atom stereocenters. The van der Waals surface area contributed by atoms with Crippen LogP contribution in [0, 0.1) is 11.7 Å². The summed E-state index contributed by atoms with van der Waals surface area (Å²) in [7, 11) is 1.64. The highest BCUT2D eigenvalue weighted by Gasteiger charge is 2.27. The van der Waals surface area contributed by atoms with Gasteiger partial charge in [-0.15, -0.1) is 0 Å². The van der Waals surface area contributed by atoms with Crippen molar-refractivity contribution in [2.24, 2.45) is 5.92 Å². The van der Waals surface area contributed by atoms with E-state index in [-0.39, 0.29) is 17.6 Å². The molecular weight excluding hydrogens is 333 g/mol. The van der Waals surface area contributed by atoms with Gasteiger partial charge in [-0.25, -0.2) is 9.37 Å². The van der Waals surface area contributed by atoms with Gasteiger partial charge in [0.2, 0.25) is 5.91 Å². The van der Waals surface area contributed by atoms with Gasteiger partial charge in [0.05, 0.1) is 13.2 Å². The summed E-state index contributed by atoms with van der Waals surface area (Å²) in [6.07, 6.45) is 7.80. The van der Waals surface area contributed by atoms with Crippen LogP contribution in [0.2, 0.25) is 0 Å². The van der Waals surface area contributed by atoms with Gasteiger partial charge >= 0.3 is 0 Å².